The number of halogens is 3. The van der Waals surface area contributed by atoms with E-state index in [9.17, 15) is 18.0 Å². The van der Waals surface area contributed by atoms with E-state index in [1.54, 1.807) is 6.92 Å². The molecule has 2 rings (SSSR count). The van der Waals surface area contributed by atoms with Gasteiger partial charge in [0.15, 0.2) is 5.69 Å². The van der Waals surface area contributed by atoms with E-state index >= 15 is 0 Å². The molecule has 112 valence electrons. The van der Waals surface area contributed by atoms with Crippen molar-refractivity contribution < 1.29 is 27.4 Å². The Bertz CT molecular complexity index is 507. The Morgan fingerprint density at radius 3 is 2.60 bits per heavy atom. The predicted octanol–water partition coefficient (Wildman–Crippen LogP) is 2.03. The van der Waals surface area contributed by atoms with Crippen molar-refractivity contribution in [3.8, 4) is 0 Å². The number of hydrogen-bond acceptors (Lipinski definition) is 4. The first-order chi connectivity index (χ1) is 9.34. The Hall–Kier alpha value is -1.57. The zero-order valence-corrected chi connectivity index (χ0v) is 11.2. The van der Waals surface area contributed by atoms with Crippen LogP contribution in [0, 0.1) is 12.8 Å². The van der Waals surface area contributed by atoms with Crippen LogP contribution in [-0.2, 0) is 22.2 Å². The number of rotatable bonds is 4. The first-order valence-corrected chi connectivity index (χ1v) is 6.24. The van der Waals surface area contributed by atoms with Gasteiger partial charge in [-0.1, -0.05) is 0 Å². The largest absolute Gasteiger partial charge is 0.461 e. The van der Waals surface area contributed by atoms with Gasteiger partial charge in [-0.25, -0.2) is 4.79 Å². The molecule has 0 aromatic carbocycles. The molecule has 1 aromatic heterocycles. The van der Waals surface area contributed by atoms with Crippen LogP contribution in [0.15, 0.2) is 0 Å². The van der Waals surface area contributed by atoms with Crippen molar-refractivity contribution in [1.82, 2.24) is 9.78 Å². The number of esters is 1. The highest BCUT2D eigenvalue weighted by atomic mass is 19.4. The van der Waals surface area contributed by atoms with Crippen molar-refractivity contribution >= 4 is 5.97 Å². The number of aromatic nitrogens is 2. The Morgan fingerprint density at radius 2 is 2.15 bits per heavy atom. The molecule has 0 aliphatic carbocycles. The van der Waals surface area contributed by atoms with Gasteiger partial charge in [-0.05, 0) is 13.8 Å². The van der Waals surface area contributed by atoms with Gasteiger partial charge in [0.2, 0.25) is 0 Å². The van der Waals surface area contributed by atoms with Crippen LogP contribution >= 0.6 is 0 Å². The van der Waals surface area contributed by atoms with Gasteiger partial charge in [0, 0.05) is 12.5 Å². The van der Waals surface area contributed by atoms with Crippen molar-refractivity contribution in [1.29, 1.82) is 0 Å². The summed E-state index contributed by atoms with van der Waals surface area (Å²) in [6.07, 6.45) is -4.64. The van der Waals surface area contributed by atoms with Crippen LogP contribution in [0.2, 0.25) is 0 Å². The van der Waals surface area contributed by atoms with E-state index in [1.807, 2.05) is 0 Å². The zero-order chi connectivity index (χ0) is 14.9. The summed E-state index contributed by atoms with van der Waals surface area (Å²) < 4.78 is 50.0. The zero-order valence-electron chi connectivity index (χ0n) is 11.2. The summed E-state index contributed by atoms with van der Waals surface area (Å²) in [6, 6.07) is 0. The van der Waals surface area contributed by atoms with E-state index < -0.39 is 23.4 Å². The summed E-state index contributed by atoms with van der Waals surface area (Å²) in [5.41, 5.74) is -1.76. The molecule has 1 aromatic rings. The summed E-state index contributed by atoms with van der Waals surface area (Å²) >= 11 is 0. The minimum absolute atomic E-state index is 0.00684. The van der Waals surface area contributed by atoms with Crippen molar-refractivity contribution in [2.75, 3.05) is 19.8 Å². The van der Waals surface area contributed by atoms with Crippen LogP contribution in [0.5, 0.6) is 0 Å². The van der Waals surface area contributed by atoms with E-state index in [1.165, 1.54) is 6.92 Å². The quantitative estimate of drug-likeness (QED) is 0.797. The minimum atomic E-state index is -4.64. The monoisotopic (exact) mass is 292 g/mol. The fourth-order valence-corrected chi connectivity index (χ4v) is 2.09. The molecule has 0 N–H and O–H groups in total. The SMILES string of the molecule is CCOC(=O)c1c(C(F)(F)F)c(C)nn1CC1COC1. The molecule has 0 atom stereocenters. The fraction of sp³-hybridized carbons (Fsp3) is 0.667. The lowest BCUT2D eigenvalue weighted by Gasteiger charge is -2.26. The Kier molecular flexibility index (Phi) is 4.03. The molecule has 1 aliphatic heterocycles. The number of ether oxygens (including phenoxy) is 2. The Balaban J connectivity index is 2.42. The summed E-state index contributed by atoms with van der Waals surface area (Å²) in [5.74, 6) is -0.927. The minimum Gasteiger partial charge on any atom is -0.461 e. The third-order valence-electron chi connectivity index (χ3n) is 3.02. The van der Waals surface area contributed by atoms with E-state index in [0.717, 1.165) is 4.68 Å². The maximum atomic E-state index is 13.1. The van der Waals surface area contributed by atoms with Crippen molar-refractivity contribution in [3.63, 3.8) is 0 Å². The number of nitrogens with zero attached hydrogens (tertiary/aromatic N) is 2. The topological polar surface area (TPSA) is 53.3 Å². The van der Waals surface area contributed by atoms with Crippen molar-refractivity contribution in [2.24, 2.45) is 5.92 Å². The molecule has 0 bridgehead atoms. The van der Waals surface area contributed by atoms with Gasteiger partial charge >= 0.3 is 12.1 Å². The van der Waals surface area contributed by atoms with Crippen molar-refractivity contribution in [2.45, 2.75) is 26.6 Å². The van der Waals surface area contributed by atoms with Gasteiger partial charge in [0.05, 0.1) is 25.5 Å². The van der Waals surface area contributed by atoms with Crippen LogP contribution in [0.3, 0.4) is 0 Å². The van der Waals surface area contributed by atoms with Crippen LogP contribution in [0.4, 0.5) is 13.2 Å². The molecule has 1 saturated heterocycles. The maximum Gasteiger partial charge on any atom is 0.420 e. The second-order valence-electron chi connectivity index (χ2n) is 4.61. The third-order valence-corrected chi connectivity index (χ3v) is 3.02. The van der Waals surface area contributed by atoms with Crippen LogP contribution in [0.1, 0.15) is 28.7 Å². The van der Waals surface area contributed by atoms with E-state index in [4.69, 9.17) is 9.47 Å². The predicted molar refractivity (Wildman–Crippen MR) is 62.2 cm³/mol. The number of hydrogen-bond donors (Lipinski definition) is 0. The summed E-state index contributed by atoms with van der Waals surface area (Å²) in [4.78, 5) is 11.8. The molecular formula is C12H15F3N2O3. The summed E-state index contributed by atoms with van der Waals surface area (Å²) in [6.45, 7) is 3.92. The summed E-state index contributed by atoms with van der Waals surface area (Å²) in [7, 11) is 0. The molecule has 1 fully saturated rings. The molecule has 2 heterocycles. The highest BCUT2D eigenvalue weighted by Crippen LogP contribution is 2.35. The normalized spacial score (nSPS) is 16.1. The molecule has 0 unspecified atom stereocenters. The standard InChI is InChI=1S/C12H15F3N2O3/c1-3-20-11(18)10-9(12(13,14)15)7(2)16-17(10)4-8-5-19-6-8/h8H,3-6H2,1-2H3. The highest BCUT2D eigenvalue weighted by Gasteiger charge is 2.42. The lowest BCUT2D eigenvalue weighted by molar-refractivity contribution is -0.138. The molecule has 1 aliphatic rings. The third kappa shape index (κ3) is 2.79. The molecule has 0 radical (unpaired) electrons. The second kappa shape index (κ2) is 5.43. The van der Waals surface area contributed by atoms with E-state index in [-0.39, 0.29) is 24.8 Å². The van der Waals surface area contributed by atoms with Crippen LogP contribution in [0.25, 0.3) is 0 Å². The Morgan fingerprint density at radius 1 is 1.50 bits per heavy atom. The van der Waals surface area contributed by atoms with Gasteiger partial charge in [0.25, 0.3) is 0 Å². The van der Waals surface area contributed by atoms with Gasteiger partial charge in [-0.2, -0.15) is 18.3 Å². The molecule has 20 heavy (non-hydrogen) atoms. The first-order valence-electron chi connectivity index (χ1n) is 6.24. The number of carbonyl (C=O) groups is 1. The fourth-order valence-electron chi connectivity index (χ4n) is 2.09. The molecule has 5 nitrogen and oxygen atoms in total. The average Bonchev–Trinajstić information content (AvgIpc) is 2.60. The number of carbonyl (C=O) groups excluding carboxylic acids is 1. The second-order valence-corrected chi connectivity index (χ2v) is 4.61. The van der Waals surface area contributed by atoms with E-state index in [2.05, 4.69) is 5.10 Å². The Labute approximate surface area is 113 Å². The number of alkyl halides is 3. The smallest absolute Gasteiger partial charge is 0.420 e. The lowest BCUT2D eigenvalue weighted by Crippen LogP contribution is -2.33. The van der Waals surface area contributed by atoms with Crippen LogP contribution < -0.4 is 0 Å². The van der Waals surface area contributed by atoms with E-state index in [0.29, 0.717) is 13.2 Å². The molecule has 8 heteroatoms. The number of aryl methyl sites for hydroxylation is 1. The van der Waals surface area contributed by atoms with Crippen LogP contribution in [-0.4, -0.2) is 35.6 Å². The summed E-state index contributed by atoms with van der Waals surface area (Å²) in [5, 5.41) is 3.84. The molecular weight excluding hydrogens is 277 g/mol. The molecule has 0 spiro atoms. The van der Waals surface area contributed by atoms with Gasteiger partial charge in [-0.3, -0.25) is 4.68 Å². The average molecular weight is 292 g/mol. The lowest BCUT2D eigenvalue weighted by atomic mass is 10.1. The maximum absolute atomic E-state index is 13.1. The highest BCUT2D eigenvalue weighted by molar-refractivity contribution is 5.89. The van der Waals surface area contributed by atoms with Gasteiger partial charge < -0.3 is 9.47 Å². The molecule has 0 saturated carbocycles. The first kappa shape index (κ1) is 14.8. The van der Waals surface area contributed by atoms with Gasteiger partial charge in [-0.15, -0.1) is 0 Å². The molecule has 0 amide bonds. The van der Waals surface area contributed by atoms with Crippen molar-refractivity contribution in [3.05, 3.63) is 17.0 Å². The van der Waals surface area contributed by atoms with Gasteiger partial charge in [0.1, 0.15) is 5.56 Å².